The number of hydrogen-bond acceptors (Lipinski definition) is 4. The molecule has 0 aromatic heterocycles. The Bertz CT molecular complexity index is 1210. The summed E-state index contributed by atoms with van der Waals surface area (Å²) in [6, 6.07) is 19.8. The van der Waals surface area contributed by atoms with E-state index in [-0.39, 0.29) is 11.6 Å². The van der Waals surface area contributed by atoms with Gasteiger partial charge in [0.2, 0.25) is 0 Å². The van der Waals surface area contributed by atoms with Gasteiger partial charge in [-0.15, -0.1) is 0 Å². The minimum absolute atomic E-state index is 0.224. The molecule has 0 radical (unpaired) electrons. The number of imide groups is 1. The summed E-state index contributed by atoms with van der Waals surface area (Å²) in [5.41, 5.74) is 4.31. The van der Waals surface area contributed by atoms with Crippen molar-refractivity contribution in [1.29, 1.82) is 0 Å². The Kier molecular flexibility index (Phi) is 6.01. The molecule has 1 aliphatic rings. The number of nitrogens with one attached hydrogen (secondary N) is 1. The van der Waals surface area contributed by atoms with E-state index >= 15 is 0 Å². The van der Waals surface area contributed by atoms with Crippen molar-refractivity contribution in [3.63, 3.8) is 0 Å². The van der Waals surface area contributed by atoms with E-state index < -0.39 is 5.91 Å². The van der Waals surface area contributed by atoms with Crippen LogP contribution in [0.5, 0.6) is 5.75 Å². The molecule has 0 unspecified atom stereocenters. The van der Waals surface area contributed by atoms with E-state index in [1.54, 1.807) is 30.3 Å². The SMILES string of the molecule is CCOc1ccc(NC2=C(c3ccc(Cl)cc3)C(=O)N(c3ccc(C)cc3C)C2=O)cc1. The van der Waals surface area contributed by atoms with Gasteiger partial charge in [0, 0.05) is 10.7 Å². The number of amides is 2. The van der Waals surface area contributed by atoms with Crippen molar-refractivity contribution in [3.05, 3.63) is 94.1 Å². The highest BCUT2D eigenvalue weighted by Crippen LogP contribution is 2.35. The van der Waals surface area contributed by atoms with Crippen molar-refractivity contribution in [2.45, 2.75) is 20.8 Å². The lowest BCUT2D eigenvalue weighted by Gasteiger charge is -2.18. The van der Waals surface area contributed by atoms with Crippen LogP contribution in [0.2, 0.25) is 5.02 Å². The lowest BCUT2D eigenvalue weighted by atomic mass is 10.0. The van der Waals surface area contributed by atoms with E-state index in [0.29, 0.717) is 34.1 Å². The first kappa shape index (κ1) is 21.7. The number of anilines is 2. The van der Waals surface area contributed by atoms with Gasteiger partial charge in [-0.25, -0.2) is 4.90 Å². The summed E-state index contributed by atoms with van der Waals surface area (Å²) in [7, 11) is 0. The fourth-order valence-electron chi connectivity index (χ4n) is 3.75. The molecule has 0 spiro atoms. The number of ether oxygens (including phenoxy) is 1. The van der Waals surface area contributed by atoms with Gasteiger partial charge in [-0.1, -0.05) is 41.4 Å². The van der Waals surface area contributed by atoms with E-state index in [1.807, 2.05) is 57.2 Å². The standard InChI is InChI=1S/C26H23ClN2O3/c1-4-32-21-12-10-20(11-13-21)28-24-23(18-6-8-19(27)9-7-18)25(30)29(26(24)31)22-14-5-16(2)15-17(22)3/h5-15,28H,4H2,1-3H3. The average molecular weight is 447 g/mol. The van der Waals surface area contributed by atoms with Crippen LogP contribution in [0.25, 0.3) is 5.57 Å². The van der Waals surface area contributed by atoms with Gasteiger partial charge in [-0.2, -0.15) is 0 Å². The molecule has 0 aliphatic carbocycles. The van der Waals surface area contributed by atoms with Crippen molar-refractivity contribution in [2.75, 3.05) is 16.8 Å². The topological polar surface area (TPSA) is 58.6 Å². The summed E-state index contributed by atoms with van der Waals surface area (Å²) >= 11 is 6.04. The zero-order chi connectivity index (χ0) is 22.8. The third-order valence-corrected chi connectivity index (χ3v) is 5.50. The van der Waals surface area contributed by atoms with Crippen LogP contribution in [0.15, 0.2) is 72.4 Å². The second-order valence-corrected chi connectivity index (χ2v) is 8.01. The number of carbonyl (C=O) groups excluding carboxylic acids is 2. The second-order valence-electron chi connectivity index (χ2n) is 7.57. The first-order valence-corrected chi connectivity index (χ1v) is 10.7. The van der Waals surface area contributed by atoms with Crippen molar-refractivity contribution in [2.24, 2.45) is 0 Å². The number of benzene rings is 3. The van der Waals surface area contributed by atoms with Crippen LogP contribution in [0, 0.1) is 13.8 Å². The maximum absolute atomic E-state index is 13.5. The van der Waals surface area contributed by atoms with Crippen LogP contribution in [0.3, 0.4) is 0 Å². The van der Waals surface area contributed by atoms with Crippen molar-refractivity contribution in [1.82, 2.24) is 0 Å². The Labute approximate surface area is 192 Å². The van der Waals surface area contributed by atoms with Gasteiger partial charge in [0.15, 0.2) is 0 Å². The van der Waals surface area contributed by atoms with Crippen LogP contribution in [-0.4, -0.2) is 18.4 Å². The molecule has 0 saturated carbocycles. The number of nitrogens with zero attached hydrogens (tertiary/aromatic N) is 1. The van der Waals surface area contributed by atoms with Gasteiger partial charge in [0.25, 0.3) is 11.8 Å². The molecule has 6 heteroatoms. The molecule has 0 atom stereocenters. The number of aryl methyl sites for hydroxylation is 2. The zero-order valence-corrected chi connectivity index (χ0v) is 18.9. The molecule has 1 N–H and O–H groups in total. The molecule has 0 fully saturated rings. The lowest BCUT2D eigenvalue weighted by Crippen LogP contribution is -2.33. The Hall–Kier alpha value is -3.57. The highest BCUT2D eigenvalue weighted by Gasteiger charge is 2.40. The van der Waals surface area contributed by atoms with Crippen LogP contribution >= 0.6 is 11.6 Å². The molecule has 162 valence electrons. The van der Waals surface area contributed by atoms with Crippen LogP contribution in [-0.2, 0) is 9.59 Å². The van der Waals surface area contributed by atoms with Crippen LogP contribution < -0.4 is 15.0 Å². The van der Waals surface area contributed by atoms with Gasteiger partial charge in [-0.05, 0) is 74.4 Å². The summed E-state index contributed by atoms with van der Waals surface area (Å²) in [6.07, 6.45) is 0. The summed E-state index contributed by atoms with van der Waals surface area (Å²) in [5.74, 6) is -0.0471. The molecular weight excluding hydrogens is 424 g/mol. The molecular formula is C26H23ClN2O3. The van der Waals surface area contributed by atoms with Gasteiger partial charge < -0.3 is 10.1 Å². The van der Waals surface area contributed by atoms with Gasteiger partial charge >= 0.3 is 0 Å². The number of hydrogen-bond donors (Lipinski definition) is 1. The highest BCUT2D eigenvalue weighted by atomic mass is 35.5. The first-order chi connectivity index (χ1) is 15.4. The quantitative estimate of drug-likeness (QED) is 0.489. The van der Waals surface area contributed by atoms with Gasteiger partial charge in [0.1, 0.15) is 11.4 Å². The molecule has 0 saturated heterocycles. The Morgan fingerprint density at radius 2 is 1.59 bits per heavy atom. The summed E-state index contributed by atoms with van der Waals surface area (Å²) < 4.78 is 5.49. The predicted octanol–water partition coefficient (Wildman–Crippen LogP) is 5.75. The van der Waals surface area contributed by atoms with Crippen LogP contribution in [0.4, 0.5) is 11.4 Å². The van der Waals surface area contributed by atoms with Crippen molar-refractivity contribution in [3.8, 4) is 5.75 Å². The predicted molar refractivity (Wildman–Crippen MR) is 128 cm³/mol. The van der Waals surface area contributed by atoms with E-state index in [9.17, 15) is 9.59 Å². The van der Waals surface area contributed by atoms with Crippen LogP contribution in [0.1, 0.15) is 23.6 Å². The number of rotatable bonds is 6. The second kappa shape index (κ2) is 8.89. The maximum atomic E-state index is 13.5. The molecule has 1 heterocycles. The van der Waals surface area contributed by atoms with Crippen molar-refractivity contribution >= 4 is 40.4 Å². The van der Waals surface area contributed by atoms with Crippen molar-refractivity contribution < 1.29 is 14.3 Å². The lowest BCUT2D eigenvalue weighted by molar-refractivity contribution is -0.120. The smallest absolute Gasteiger partial charge is 0.282 e. The normalized spacial score (nSPS) is 13.7. The van der Waals surface area contributed by atoms with Gasteiger partial charge in [-0.3, -0.25) is 9.59 Å². The zero-order valence-electron chi connectivity index (χ0n) is 18.1. The molecule has 0 bridgehead atoms. The Morgan fingerprint density at radius 3 is 2.22 bits per heavy atom. The highest BCUT2D eigenvalue weighted by molar-refractivity contribution is 6.46. The fraction of sp³-hybridized carbons (Fsp3) is 0.154. The number of carbonyl (C=O) groups is 2. The third-order valence-electron chi connectivity index (χ3n) is 5.24. The maximum Gasteiger partial charge on any atom is 0.282 e. The van der Waals surface area contributed by atoms with Gasteiger partial charge in [0.05, 0.1) is 17.9 Å². The first-order valence-electron chi connectivity index (χ1n) is 10.3. The Balaban J connectivity index is 1.78. The minimum Gasteiger partial charge on any atom is -0.494 e. The Morgan fingerprint density at radius 1 is 0.906 bits per heavy atom. The summed E-state index contributed by atoms with van der Waals surface area (Å²) in [5, 5.41) is 3.72. The van der Waals surface area contributed by atoms with E-state index in [0.717, 1.165) is 16.9 Å². The molecule has 3 aromatic rings. The van der Waals surface area contributed by atoms with E-state index in [1.165, 1.54) is 4.90 Å². The van der Waals surface area contributed by atoms with E-state index in [2.05, 4.69) is 5.32 Å². The molecule has 2 amide bonds. The molecule has 4 rings (SSSR count). The summed E-state index contributed by atoms with van der Waals surface area (Å²) in [6.45, 7) is 6.35. The third kappa shape index (κ3) is 4.12. The molecule has 1 aliphatic heterocycles. The molecule has 32 heavy (non-hydrogen) atoms. The van der Waals surface area contributed by atoms with E-state index in [4.69, 9.17) is 16.3 Å². The molecule has 3 aromatic carbocycles. The summed E-state index contributed by atoms with van der Waals surface area (Å²) in [4.78, 5) is 28.3. The minimum atomic E-state index is -0.402. The number of halogens is 1. The fourth-order valence-corrected chi connectivity index (χ4v) is 3.88. The average Bonchev–Trinajstić information content (AvgIpc) is 3.00. The monoisotopic (exact) mass is 446 g/mol. The molecule has 5 nitrogen and oxygen atoms in total. The largest absolute Gasteiger partial charge is 0.494 e.